The Morgan fingerprint density at radius 2 is 1.89 bits per heavy atom. The van der Waals surface area contributed by atoms with E-state index in [1.165, 1.54) is 0 Å². The number of carboxylic acid groups (broad SMARTS) is 1. The predicted octanol–water partition coefficient (Wildman–Crippen LogP) is 1.99. The van der Waals surface area contributed by atoms with E-state index >= 15 is 0 Å². The number of amides is 1. The Balaban J connectivity index is 2.08. The molecule has 4 heteroatoms. The van der Waals surface area contributed by atoms with Crippen LogP contribution in [0, 0.1) is 23.2 Å². The third-order valence-corrected chi connectivity index (χ3v) is 4.62. The molecule has 1 aliphatic carbocycles. The second kappa shape index (κ2) is 4.56. The largest absolute Gasteiger partial charge is 0.481 e. The maximum Gasteiger partial charge on any atom is 0.308 e. The van der Waals surface area contributed by atoms with Crippen molar-refractivity contribution in [2.24, 2.45) is 23.2 Å². The number of likely N-dealkylation sites (tertiary alicyclic amines) is 1. The molecule has 0 spiro atoms. The average Bonchev–Trinajstić information content (AvgIpc) is 3.08. The minimum atomic E-state index is -0.770. The minimum absolute atomic E-state index is 0.180. The van der Waals surface area contributed by atoms with Crippen LogP contribution >= 0.6 is 0 Å². The first-order chi connectivity index (χ1) is 8.36. The Labute approximate surface area is 108 Å². The number of rotatable bonds is 3. The lowest BCUT2D eigenvalue weighted by Crippen LogP contribution is -2.49. The molecule has 2 atom stereocenters. The van der Waals surface area contributed by atoms with Gasteiger partial charge in [0.15, 0.2) is 0 Å². The summed E-state index contributed by atoms with van der Waals surface area (Å²) in [6.45, 7) is 7.33. The summed E-state index contributed by atoms with van der Waals surface area (Å²) in [5, 5.41) is 9.15. The van der Waals surface area contributed by atoms with Gasteiger partial charge >= 0.3 is 5.97 Å². The van der Waals surface area contributed by atoms with Gasteiger partial charge in [0, 0.05) is 13.1 Å². The van der Waals surface area contributed by atoms with Crippen LogP contribution in [0.25, 0.3) is 0 Å². The smallest absolute Gasteiger partial charge is 0.308 e. The molecule has 1 N–H and O–H groups in total. The van der Waals surface area contributed by atoms with Gasteiger partial charge in [-0.2, -0.15) is 0 Å². The van der Waals surface area contributed by atoms with Gasteiger partial charge in [-0.3, -0.25) is 9.59 Å². The Morgan fingerprint density at radius 1 is 1.28 bits per heavy atom. The maximum absolute atomic E-state index is 12.6. The van der Waals surface area contributed by atoms with Crippen LogP contribution < -0.4 is 0 Å². The topological polar surface area (TPSA) is 57.6 Å². The monoisotopic (exact) mass is 253 g/mol. The quantitative estimate of drug-likeness (QED) is 0.837. The Morgan fingerprint density at radius 3 is 2.33 bits per heavy atom. The maximum atomic E-state index is 12.6. The highest BCUT2D eigenvalue weighted by atomic mass is 16.4. The fourth-order valence-electron chi connectivity index (χ4n) is 3.18. The van der Waals surface area contributed by atoms with E-state index in [2.05, 4.69) is 13.8 Å². The molecule has 0 radical (unpaired) electrons. The summed E-state index contributed by atoms with van der Waals surface area (Å²) in [6, 6.07) is 0. The molecular formula is C14H23NO3. The molecule has 0 aromatic heterocycles. The van der Waals surface area contributed by atoms with E-state index in [4.69, 9.17) is 5.11 Å². The van der Waals surface area contributed by atoms with Crippen LogP contribution in [0.15, 0.2) is 0 Å². The summed E-state index contributed by atoms with van der Waals surface area (Å²) in [4.78, 5) is 25.5. The normalized spacial score (nSPS) is 30.3. The molecule has 2 rings (SSSR count). The minimum Gasteiger partial charge on any atom is -0.481 e. The van der Waals surface area contributed by atoms with Crippen molar-refractivity contribution in [1.29, 1.82) is 0 Å². The molecular weight excluding hydrogens is 230 g/mol. The Kier molecular flexibility index (Phi) is 3.39. The third-order valence-electron chi connectivity index (χ3n) is 4.62. The molecule has 2 unspecified atom stereocenters. The number of carbonyl (C=O) groups is 2. The summed E-state index contributed by atoms with van der Waals surface area (Å²) in [5.74, 6) is -0.332. The van der Waals surface area contributed by atoms with Crippen LogP contribution in [-0.2, 0) is 9.59 Å². The van der Waals surface area contributed by atoms with Crippen LogP contribution in [0.4, 0.5) is 0 Å². The number of hydrogen-bond acceptors (Lipinski definition) is 2. The van der Waals surface area contributed by atoms with E-state index in [0.717, 1.165) is 19.4 Å². The first kappa shape index (κ1) is 13.4. The van der Waals surface area contributed by atoms with Crippen molar-refractivity contribution < 1.29 is 14.7 Å². The highest BCUT2D eigenvalue weighted by Gasteiger charge is 2.54. The summed E-state index contributed by atoms with van der Waals surface area (Å²) in [5.41, 5.74) is -0.180. The molecule has 1 aliphatic heterocycles. The molecule has 1 heterocycles. The first-order valence-corrected chi connectivity index (χ1v) is 6.89. The van der Waals surface area contributed by atoms with Gasteiger partial charge in [-0.05, 0) is 31.1 Å². The van der Waals surface area contributed by atoms with Crippen molar-refractivity contribution in [3.63, 3.8) is 0 Å². The molecule has 18 heavy (non-hydrogen) atoms. The molecule has 2 fully saturated rings. The second-order valence-corrected chi connectivity index (χ2v) is 6.40. The molecule has 1 saturated heterocycles. The van der Waals surface area contributed by atoms with Crippen molar-refractivity contribution in [3.05, 3.63) is 0 Å². The average molecular weight is 253 g/mol. The number of aliphatic carboxylic acids is 1. The van der Waals surface area contributed by atoms with E-state index in [1.54, 1.807) is 4.90 Å². The molecule has 1 amide bonds. The van der Waals surface area contributed by atoms with Crippen LogP contribution in [0.5, 0.6) is 0 Å². The van der Waals surface area contributed by atoms with Crippen molar-refractivity contribution in [3.8, 4) is 0 Å². The van der Waals surface area contributed by atoms with Gasteiger partial charge in [0.25, 0.3) is 0 Å². The number of nitrogens with zero attached hydrogens (tertiary/aromatic N) is 1. The van der Waals surface area contributed by atoms with Gasteiger partial charge < -0.3 is 10.0 Å². The van der Waals surface area contributed by atoms with Crippen molar-refractivity contribution in [2.75, 3.05) is 13.1 Å². The van der Waals surface area contributed by atoms with E-state index in [9.17, 15) is 9.59 Å². The van der Waals surface area contributed by atoms with E-state index in [-0.39, 0.29) is 23.2 Å². The lowest BCUT2D eigenvalue weighted by molar-refractivity contribution is -0.149. The van der Waals surface area contributed by atoms with Gasteiger partial charge in [0.1, 0.15) is 0 Å². The summed E-state index contributed by atoms with van der Waals surface area (Å²) >= 11 is 0. The molecule has 1 saturated carbocycles. The zero-order valence-corrected chi connectivity index (χ0v) is 11.5. The fourth-order valence-corrected chi connectivity index (χ4v) is 3.18. The molecule has 4 nitrogen and oxygen atoms in total. The fraction of sp³-hybridized carbons (Fsp3) is 0.857. The number of carboxylic acids is 1. The van der Waals surface area contributed by atoms with Crippen molar-refractivity contribution in [2.45, 2.75) is 40.0 Å². The summed E-state index contributed by atoms with van der Waals surface area (Å²) in [6.07, 6.45) is 2.62. The van der Waals surface area contributed by atoms with Crippen molar-refractivity contribution in [1.82, 2.24) is 4.90 Å². The molecule has 0 aromatic carbocycles. The molecule has 0 bridgehead atoms. The Bertz CT molecular complexity index is 360. The molecule has 2 aliphatic rings. The van der Waals surface area contributed by atoms with Crippen LogP contribution in [0.1, 0.15) is 40.0 Å². The zero-order valence-electron chi connectivity index (χ0n) is 11.5. The predicted molar refractivity (Wildman–Crippen MR) is 68.0 cm³/mol. The van der Waals surface area contributed by atoms with Gasteiger partial charge in [-0.1, -0.05) is 20.8 Å². The van der Waals surface area contributed by atoms with Gasteiger partial charge in [-0.15, -0.1) is 0 Å². The zero-order chi connectivity index (χ0) is 13.5. The number of hydrogen-bond donors (Lipinski definition) is 1. The van der Waals surface area contributed by atoms with Crippen LogP contribution in [0.3, 0.4) is 0 Å². The molecule has 102 valence electrons. The number of piperidine rings is 1. The van der Waals surface area contributed by atoms with Crippen LogP contribution in [-0.4, -0.2) is 35.0 Å². The third kappa shape index (κ3) is 2.25. The first-order valence-electron chi connectivity index (χ1n) is 6.89. The Hall–Kier alpha value is -1.06. The van der Waals surface area contributed by atoms with E-state index in [0.29, 0.717) is 18.9 Å². The standard InChI is InChI=1S/C14H23NO3/c1-9(2)14(4-5-14)13(18)15-7-10(3)6-11(8-15)12(16)17/h9-11H,4-8H2,1-3H3,(H,16,17). The second-order valence-electron chi connectivity index (χ2n) is 6.40. The van der Waals surface area contributed by atoms with E-state index < -0.39 is 5.97 Å². The van der Waals surface area contributed by atoms with Crippen LogP contribution in [0.2, 0.25) is 0 Å². The lowest BCUT2D eigenvalue weighted by Gasteiger charge is -2.37. The number of carbonyl (C=O) groups excluding carboxylic acids is 1. The van der Waals surface area contributed by atoms with Crippen molar-refractivity contribution >= 4 is 11.9 Å². The summed E-state index contributed by atoms with van der Waals surface area (Å²) < 4.78 is 0. The summed E-state index contributed by atoms with van der Waals surface area (Å²) in [7, 11) is 0. The van der Waals surface area contributed by atoms with Gasteiger partial charge in [0.2, 0.25) is 5.91 Å². The SMILES string of the molecule is CC1CC(C(=O)O)CN(C(=O)C2(C(C)C)CC2)C1. The molecule has 0 aromatic rings. The lowest BCUT2D eigenvalue weighted by atomic mass is 9.86. The van der Waals surface area contributed by atoms with E-state index in [1.807, 2.05) is 6.92 Å². The van der Waals surface area contributed by atoms with Gasteiger partial charge in [0.05, 0.1) is 11.3 Å². The van der Waals surface area contributed by atoms with Gasteiger partial charge in [-0.25, -0.2) is 0 Å². The highest BCUT2D eigenvalue weighted by molar-refractivity contribution is 5.86. The highest BCUT2D eigenvalue weighted by Crippen LogP contribution is 2.53.